The van der Waals surface area contributed by atoms with E-state index in [0.29, 0.717) is 19.6 Å². The van der Waals surface area contributed by atoms with Gasteiger partial charge < -0.3 is 15.5 Å². The Bertz CT molecular complexity index is 447. The van der Waals surface area contributed by atoms with Gasteiger partial charge in [0.15, 0.2) is 13.1 Å². The molecule has 0 aliphatic carbocycles. The highest BCUT2D eigenvalue weighted by atomic mass is 79.9. The first-order valence-corrected chi connectivity index (χ1v) is 6.58. The van der Waals surface area contributed by atoms with Gasteiger partial charge in [0.05, 0.1) is 13.1 Å². The van der Waals surface area contributed by atoms with Gasteiger partial charge in [0.2, 0.25) is 0 Å². The van der Waals surface area contributed by atoms with Gasteiger partial charge >= 0.3 is 0 Å². The largest absolute Gasteiger partial charge is 0.346 e. The fraction of sp³-hybridized carbons (Fsp3) is 0.333. The number of carbonyl (C=O) groups is 2. The van der Waals surface area contributed by atoms with Crippen molar-refractivity contribution in [2.75, 3.05) is 31.5 Å². The van der Waals surface area contributed by atoms with E-state index in [1.165, 1.54) is 0 Å². The molecule has 0 spiro atoms. The molecule has 5 nitrogen and oxygen atoms in total. The number of anilines is 1. The first-order chi connectivity index (χ1) is 8.63. The Labute approximate surface area is 114 Å². The fourth-order valence-corrected chi connectivity index (χ4v) is 2.14. The summed E-state index contributed by atoms with van der Waals surface area (Å²) in [4.78, 5) is 24.0. The number of rotatable bonds is 3. The van der Waals surface area contributed by atoms with E-state index in [2.05, 4.69) is 26.6 Å². The van der Waals surface area contributed by atoms with Crippen LogP contribution in [0.4, 0.5) is 5.69 Å². The van der Waals surface area contributed by atoms with E-state index in [-0.39, 0.29) is 11.8 Å². The Kier molecular flexibility index (Phi) is 4.33. The lowest BCUT2D eigenvalue weighted by Gasteiger charge is -2.22. The summed E-state index contributed by atoms with van der Waals surface area (Å²) in [5, 5.41) is 5.56. The molecule has 1 aliphatic rings. The van der Waals surface area contributed by atoms with Gasteiger partial charge in [-0.1, -0.05) is 15.9 Å². The van der Waals surface area contributed by atoms with E-state index in [4.69, 9.17) is 0 Å². The smallest absolute Gasteiger partial charge is 0.279 e. The van der Waals surface area contributed by atoms with Crippen molar-refractivity contribution in [3.05, 3.63) is 28.7 Å². The van der Waals surface area contributed by atoms with Crippen molar-refractivity contribution < 1.29 is 14.5 Å². The topological polar surface area (TPSA) is 62.6 Å². The Morgan fingerprint density at radius 1 is 1.39 bits per heavy atom. The molecule has 1 aromatic carbocycles. The first-order valence-electron chi connectivity index (χ1n) is 5.79. The summed E-state index contributed by atoms with van der Waals surface area (Å²) >= 11 is 3.34. The molecule has 3 N–H and O–H groups in total. The lowest BCUT2D eigenvalue weighted by atomic mass is 10.3. The van der Waals surface area contributed by atoms with Crippen LogP contribution in [0.25, 0.3) is 0 Å². The van der Waals surface area contributed by atoms with Gasteiger partial charge in [-0.25, -0.2) is 0 Å². The Morgan fingerprint density at radius 2 is 2.11 bits per heavy atom. The SMILES string of the molecule is O=C1C[NH+](CC(=O)Nc2ccc(Br)cc2)CCN1. The Morgan fingerprint density at radius 3 is 2.78 bits per heavy atom. The molecular weight excluding hydrogens is 298 g/mol. The molecular formula is C12H15BrN3O2+. The number of hydrogen-bond donors (Lipinski definition) is 3. The van der Waals surface area contributed by atoms with Crippen LogP contribution in [-0.4, -0.2) is 38.0 Å². The molecule has 6 heteroatoms. The number of piperazine rings is 1. The molecule has 1 unspecified atom stereocenters. The maximum Gasteiger partial charge on any atom is 0.279 e. The second-order valence-corrected chi connectivity index (χ2v) is 5.17. The van der Waals surface area contributed by atoms with E-state index in [0.717, 1.165) is 21.6 Å². The number of nitrogens with one attached hydrogen (secondary N) is 3. The average molecular weight is 313 g/mol. The minimum absolute atomic E-state index is 0.00712. The van der Waals surface area contributed by atoms with Crippen LogP contribution in [0.1, 0.15) is 0 Å². The van der Waals surface area contributed by atoms with Crippen LogP contribution in [0, 0.1) is 0 Å². The highest BCUT2D eigenvalue weighted by Gasteiger charge is 2.21. The van der Waals surface area contributed by atoms with Gasteiger partial charge in [0.25, 0.3) is 11.8 Å². The molecule has 0 bridgehead atoms. The van der Waals surface area contributed by atoms with Crippen LogP contribution in [-0.2, 0) is 9.59 Å². The van der Waals surface area contributed by atoms with Crippen LogP contribution >= 0.6 is 15.9 Å². The van der Waals surface area contributed by atoms with E-state index in [1.807, 2.05) is 24.3 Å². The zero-order valence-electron chi connectivity index (χ0n) is 9.83. The van der Waals surface area contributed by atoms with Crippen molar-refractivity contribution in [3.63, 3.8) is 0 Å². The predicted molar refractivity (Wildman–Crippen MR) is 71.3 cm³/mol. The molecule has 96 valence electrons. The number of halogens is 1. The van der Waals surface area contributed by atoms with Gasteiger partial charge in [-0.3, -0.25) is 9.59 Å². The van der Waals surface area contributed by atoms with E-state index in [9.17, 15) is 9.59 Å². The van der Waals surface area contributed by atoms with Crippen molar-refractivity contribution in [2.24, 2.45) is 0 Å². The molecule has 2 rings (SSSR count). The third-order valence-corrected chi connectivity index (χ3v) is 3.28. The van der Waals surface area contributed by atoms with Crippen molar-refractivity contribution in [3.8, 4) is 0 Å². The van der Waals surface area contributed by atoms with E-state index < -0.39 is 0 Å². The molecule has 1 saturated heterocycles. The highest BCUT2D eigenvalue weighted by Crippen LogP contribution is 2.13. The molecule has 1 fully saturated rings. The average Bonchev–Trinajstić information content (AvgIpc) is 2.32. The van der Waals surface area contributed by atoms with Gasteiger partial charge in [0.1, 0.15) is 0 Å². The number of quaternary nitrogens is 1. The predicted octanol–water partition coefficient (Wildman–Crippen LogP) is -0.598. The van der Waals surface area contributed by atoms with Crippen LogP contribution in [0.15, 0.2) is 28.7 Å². The molecule has 1 aliphatic heterocycles. The molecule has 18 heavy (non-hydrogen) atoms. The lowest BCUT2D eigenvalue weighted by Crippen LogP contribution is -3.16. The summed E-state index contributed by atoms with van der Waals surface area (Å²) < 4.78 is 0.971. The first kappa shape index (κ1) is 13.0. The number of amides is 2. The standard InChI is InChI=1S/C12H14BrN3O2/c13-9-1-3-10(4-2-9)15-12(18)8-16-6-5-14-11(17)7-16/h1-4H,5-8H2,(H,14,17)(H,15,18)/p+1. The highest BCUT2D eigenvalue weighted by molar-refractivity contribution is 9.10. The maximum atomic E-state index is 11.8. The summed E-state index contributed by atoms with van der Waals surface area (Å²) in [7, 11) is 0. The number of hydrogen-bond acceptors (Lipinski definition) is 2. The summed E-state index contributed by atoms with van der Waals surface area (Å²) in [5.74, 6) is -0.0604. The molecule has 1 atom stereocenters. The summed E-state index contributed by atoms with van der Waals surface area (Å²) in [6, 6.07) is 7.41. The van der Waals surface area contributed by atoms with Gasteiger partial charge in [-0.2, -0.15) is 0 Å². The van der Waals surface area contributed by atoms with Crippen LogP contribution in [0.3, 0.4) is 0 Å². The molecule has 1 aromatic rings. The summed E-state index contributed by atoms with van der Waals surface area (Å²) in [5.41, 5.74) is 0.768. The quantitative estimate of drug-likeness (QED) is 0.698. The molecule has 2 amide bonds. The zero-order valence-corrected chi connectivity index (χ0v) is 11.4. The van der Waals surface area contributed by atoms with Crippen LogP contribution < -0.4 is 15.5 Å². The minimum Gasteiger partial charge on any atom is -0.346 e. The van der Waals surface area contributed by atoms with Crippen LogP contribution in [0.5, 0.6) is 0 Å². The maximum absolute atomic E-state index is 11.8. The van der Waals surface area contributed by atoms with Crippen LogP contribution in [0.2, 0.25) is 0 Å². The monoisotopic (exact) mass is 312 g/mol. The number of benzene rings is 1. The third-order valence-electron chi connectivity index (χ3n) is 2.75. The zero-order chi connectivity index (χ0) is 13.0. The van der Waals surface area contributed by atoms with Crippen molar-refractivity contribution >= 4 is 33.4 Å². The van der Waals surface area contributed by atoms with Crippen molar-refractivity contribution in [1.29, 1.82) is 0 Å². The third kappa shape index (κ3) is 3.82. The summed E-state index contributed by atoms with van der Waals surface area (Å²) in [6.07, 6.45) is 0. The summed E-state index contributed by atoms with van der Waals surface area (Å²) in [6.45, 7) is 2.12. The second kappa shape index (κ2) is 5.97. The molecule has 0 saturated carbocycles. The molecule has 0 aromatic heterocycles. The van der Waals surface area contributed by atoms with Gasteiger partial charge in [0, 0.05) is 10.2 Å². The number of carbonyl (C=O) groups excluding carboxylic acids is 2. The minimum atomic E-state index is -0.0676. The van der Waals surface area contributed by atoms with E-state index in [1.54, 1.807) is 0 Å². The normalized spacial score (nSPS) is 19.2. The lowest BCUT2D eigenvalue weighted by molar-refractivity contribution is -0.885. The van der Waals surface area contributed by atoms with E-state index >= 15 is 0 Å². The molecule has 1 heterocycles. The van der Waals surface area contributed by atoms with Crippen molar-refractivity contribution in [1.82, 2.24) is 5.32 Å². The second-order valence-electron chi connectivity index (χ2n) is 4.26. The van der Waals surface area contributed by atoms with Gasteiger partial charge in [-0.05, 0) is 24.3 Å². The Balaban J connectivity index is 1.84. The van der Waals surface area contributed by atoms with Gasteiger partial charge in [-0.15, -0.1) is 0 Å². The fourth-order valence-electron chi connectivity index (χ4n) is 1.87. The van der Waals surface area contributed by atoms with Crippen molar-refractivity contribution in [2.45, 2.75) is 0 Å². The molecule has 0 radical (unpaired) electrons. The Hall–Kier alpha value is -1.40.